The average molecular weight is 320 g/mol. The van der Waals surface area contributed by atoms with Crippen LogP contribution in [-0.4, -0.2) is 42.3 Å². The molecular weight excluding hydrogens is 292 g/mol. The molecule has 1 fully saturated rings. The van der Waals surface area contributed by atoms with Gasteiger partial charge in [0.05, 0.1) is 12.6 Å². The zero-order valence-corrected chi connectivity index (χ0v) is 14.3. The van der Waals surface area contributed by atoms with E-state index >= 15 is 0 Å². The molecule has 1 aliphatic heterocycles. The third-order valence-electron chi connectivity index (χ3n) is 4.13. The summed E-state index contributed by atoms with van der Waals surface area (Å²) in [7, 11) is 0. The number of amides is 2. The molecule has 1 aromatic rings. The van der Waals surface area contributed by atoms with E-state index in [1.165, 1.54) is 0 Å². The third kappa shape index (κ3) is 5.13. The quantitative estimate of drug-likeness (QED) is 0.847. The summed E-state index contributed by atoms with van der Waals surface area (Å²) in [5, 5.41) is 12.2. The molecule has 23 heavy (non-hydrogen) atoms. The molecule has 0 saturated carbocycles. The van der Waals surface area contributed by atoms with E-state index in [-0.39, 0.29) is 24.6 Å². The highest BCUT2D eigenvalue weighted by Crippen LogP contribution is 2.20. The van der Waals surface area contributed by atoms with Crippen LogP contribution < -0.4 is 10.1 Å². The second kappa shape index (κ2) is 8.20. The number of hydrogen-bond donors (Lipinski definition) is 2. The minimum absolute atomic E-state index is 0.0603. The van der Waals surface area contributed by atoms with Crippen molar-refractivity contribution >= 4 is 6.03 Å². The fraction of sp³-hybridized carbons (Fsp3) is 0.611. The number of rotatable bonds is 6. The zero-order valence-electron chi connectivity index (χ0n) is 14.3. The van der Waals surface area contributed by atoms with Crippen LogP contribution in [0, 0.1) is 11.8 Å². The normalized spacial score (nSPS) is 19.0. The summed E-state index contributed by atoms with van der Waals surface area (Å²) < 4.78 is 5.67. The number of aliphatic hydroxyl groups excluding tert-OH is 1. The molecule has 0 unspecified atom stereocenters. The Bertz CT molecular complexity index is 501. The van der Waals surface area contributed by atoms with E-state index in [1.807, 2.05) is 31.2 Å². The Morgan fingerprint density at radius 1 is 1.35 bits per heavy atom. The van der Waals surface area contributed by atoms with E-state index in [4.69, 9.17) is 9.84 Å². The predicted octanol–water partition coefficient (Wildman–Crippen LogP) is 2.81. The largest absolute Gasteiger partial charge is 0.493 e. The first-order chi connectivity index (χ1) is 11.0. The maximum absolute atomic E-state index is 12.2. The van der Waals surface area contributed by atoms with Crippen LogP contribution >= 0.6 is 0 Å². The zero-order chi connectivity index (χ0) is 16.8. The second-order valence-corrected chi connectivity index (χ2v) is 6.73. The molecule has 2 atom stereocenters. The number of urea groups is 1. The van der Waals surface area contributed by atoms with Gasteiger partial charge in [0.15, 0.2) is 0 Å². The molecule has 2 rings (SSSR count). The lowest BCUT2D eigenvalue weighted by Crippen LogP contribution is -2.39. The van der Waals surface area contributed by atoms with Crippen molar-refractivity contribution in [3.05, 3.63) is 29.8 Å². The molecule has 1 aromatic carbocycles. The van der Waals surface area contributed by atoms with Gasteiger partial charge in [0.25, 0.3) is 0 Å². The van der Waals surface area contributed by atoms with Crippen molar-refractivity contribution in [2.75, 3.05) is 26.3 Å². The van der Waals surface area contributed by atoms with Gasteiger partial charge in [-0.05, 0) is 37.0 Å². The van der Waals surface area contributed by atoms with Crippen LogP contribution in [0.25, 0.3) is 0 Å². The molecule has 2 N–H and O–H groups in total. The average Bonchev–Trinajstić information content (AvgIpc) is 3.02. The van der Waals surface area contributed by atoms with Crippen molar-refractivity contribution in [3.8, 4) is 5.75 Å². The number of likely N-dealkylation sites (tertiary alicyclic amines) is 1. The summed E-state index contributed by atoms with van der Waals surface area (Å²) in [6.45, 7) is 8.41. The van der Waals surface area contributed by atoms with Gasteiger partial charge in [-0.3, -0.25) is 0 Å². The van der Waals surface area contributed by atoms with Gasteiger partial charge in [-0.2, -0.15) is 0 Å². The molecule has 5 heteroatoms. The molecule has 0 bridgehead atoms. The number of nitrogens with one attached hydrogen (secondary N) is 1. The molecule has 1 aliphatic rings. The molecular formula is C18H28N2O3. The minimum atomic E-state index is -0.0615. The summed E-state index contributed by atoms with van der Waals surface area (Å²) in [5.41, 5.74) is 1.05. The molecule has 0 aliphatic carbocycles. The molecule has 0 spiro atoms. The molecule has 0 radical (unpaired) electrons. The molecule has 0 aromatic heterocycles. The highest BCUT2D eigenvalue weighted by atomic mass is 16.5. The van der Waals surface area contributed by atoms with E-state index in [0.29, 0.717) is 25.6 Å². The van der Waals surface area contributed by atoms with Crippen LogP contribution in [0.3, 0.4) is 0 Å². The second-order valence-electron chi connectivity index (χ2n) is 6.73. The fourth-order valence-corrected chi connectivity index (χ4v) is 2.64. The Kier molecular flexibility index (Phi) is 6.28. The van der Waals surface area contributed by atoms with Crippen LogP contribution in [-0.2, 0) is 0 Å². The Morgan fingerprint density at radius 3 is 2.61 bits per heavy atom. The first kappa shape index (κ1) is 17.6. The molecule has 1 heterocycles. The van der Waals surface area contributed by atoms with Gasteiger partial charge in [0.1, 0.15) is 5.75 Å². The monoisotopic (exact) mass is 320 g/mol. The number of ether oxygens (including phenoxy) is 1. The Balaban J connectivity index is 1.85. The lowest BCUT2D eigenvalue weighted by Gasteiger charge is -2.21. The standard InChI is InChI=1S/C18H28N2O3/c1-13(2)12-23-17-6-4-16(5-7-17)14(3)19-18(22)20-9-8-15(10-20)11-21/h4-7,13-15,21H,8-12H2,1-3H3,(H,19,22)/t14-,15-/m1/s1. The SMILES string of the molecule is CC(C)COc1ccc([C@@H](C)NC(=O)N2CC[C@@H](CO)C2)cc1. The van der Waals surface area contributed by atoms with E-state index < -0.39 is 0 Å². The first-order valence-corrected chi connectivity index (χ1v) is 8.38. The smallest absolute Gasteiger partial charge is 0.317 e. The van der Waals surface area contributed by atoms with Crippen molar-refractivity contribution in [2.24, 2.45) is 11.8 Å². The lowest BCUT2D eigenvalue weighted by molar-refractivity contribution is 0.195. The third-order valence-corrected chi connectivity index (χ3v) is 4.13. The predicted molar refractivity (Wildman–Crippen MR) is 90.5 cm³/mol. The van der Waals surface area contributed by atoms with Crippen LogP contribution in [0.4, 0.5) is 4.79 Å². The topological polar surface area (TPSA) is 61.8 Å². The number of carbonyl (C=O) groups excluding carboxylic acids is 1. The highest BCUT2D eigenvalue weighted by molar-refractivity contribution is 5.75. The van der Waals surface area contributed by atoms with Gasteiger partial charge in [0.2, 0.25) is 0 Å². The van der Waals surface area contributed by atoms with E-state index in [1.54, 1.807) is 4.90 Å². The van der Waals surface area contributed by atoms with Crippen molar-refractivity contribution in [1.82, 2.24) is 10.2 Å². The van der Waals surface area contributed by atoms with Crippen molar-refractivity contribution in [1.29, 1.82) is 0 Å². The summed E-state index contributed by atoms with van der Waals surface area (Å²) in [6, 6.07) is 7.74. The van der Waals surface area contributed by atoms with Crippen LogP contribution in [0.15, 0.2) is 24.3 Å². The van der Waals surface area contributed by atoms with Gasteiger partial charge < -0.3 is 20.1 Å². The van der Waals surface area contributed by atoms with Crippen molar-refractivity contribution in [3.63, 3.8) is 0 Å². The summed E-state index contributed by atoms with van der Waals surface area (Å²) in [5.74, 6) is 1.57. The number of benzene rings is 1. The van der Waals surface area contributed by atoms with E-state index in [0.717, 1.165) is 17.7 Å². The maximum atomic E-state index is 12.2. The highest BCUT2D eigenvalue weighted by Gasteiger charge is 2.26. The maximum Gasteiger partial charge on any atom is 0.317 e. The van der Waals surface area contributed by atoms with Gasteiger partial charge in [-0.25, -0.2) is 4.79 Å². The summed E-state index contributed by atoms with van der Waals surface area (Å²) >= 11 is 0. The Morgan fingerprint density at radius 2 is 2.04 bits per heavy atom. The van der Waals surface area contributed by atoms with Crippen LogP contribution in [0.2, 0.25) is 0 Å². The lowest BCUT2D eigenvalue weighted by atomic mass is 10.1. The molecule has 1 saturated heterocycles. The van der Waals surface area contributed by atoms with Crippen LogP contribution in [0.1, 0.15) is 38.8 Å². The fourth-order valence-electron chi connectivity index (χ4n) is 2.64. The summed E-state index contributed by atoms with van der Waals surface area (Å²) in [4.78, 5) is 14.0. The molecule has 5 nitrogen and oxygen atoms in total. The van der Waals surface area contributed by atoms with Gasteiger partial charge in [0, 0.05) is 25.6 Å². The van der Waals surface area contributed by atoms with Crippen molar-refractivity contribution < 1.29 is 14.6 Å². The van der Waals surface area contributed by atoms with E-state index in [2.05, 4.69) is 19.2 Å². The molecule has 2 amide bonds. The van der Waals surface area contributed by atoms with Gasteiger partial charge >= 0.3 is 6.03 Å². The van der Waals surface area contributed by atoms with Gasteiger partial charge in [-0.1, -0.05) is 26.0 Å². The van der Waals surface area contributed by atoms with Crippen LogP contribution in [0.5, 0.6) is 5.75 Å². The first-order valence-electron chi connectivity index (χ1n) is 8.38. The number of aliphatic hydroxyl groups is 1. The Hall–Kier alpha value is -1.75. The van der Waals surface area contributed by atoms with Gasteiger partial charge in [-0.15, -0.1) is 0 Å². The minimum Gasteiger partial charge on any atom is -0.493 e. The Labute approximate surface area is 138 Å². The number of nitrogens with zero attached hydrogens (tertiary/aromatic N) is 1. The summed E-state index contributed by atoms with van der Waals surface area (Å²) in [6.07, 6.45) is 0.875. The van der Waals surface area contributed by atoms with Crippen molar-refractivity contribution in [2.45, 2.75) is 33.2 Å². The molecule has 128 valence electrons. The van der Waals surface area contributed by atoms with E-state index in [9.17, 15) is 4.79 Å². The number of hydrogen-bond acceptors (Lipinski definition) is 3. The number of carbonyl (C=O) groups is 1.